The van der Waals surface area contributed by atoms with E-state index >= 15 is 0 Å². The molecule has 0 aliphatic carbocycles. The second-order valence-electron chi connectivity index (χ2n) is 8.45. The summed E-state index contributed by atoms with van der Waals surface area (Å²) >= 11 is 0. The highest BCUT2D eigenvalue weighted by atomic mass is 28.3. The molecule has 0 N–H and O–H groups in total. The smallest absolute Gasteiger partial charge is 0.309 e. The van der Waals surface area contributed by atoms with E-state index in [9.17, 15) is 4.79 Å². The molecule has 4 nitrogen and oxygen atoms in total. The van der Waals surface area contributed by atoms with Crippen LogP contribution in [0.1, 0.15) is 74.7 Å². The first kappa shape index (κ1) is 23.6. The fourth-order valence-corrected chi connectivity index (χ4v) is 12.9. The van der Waals surface area contributed by atoms with Gasteiger partial charge in [0, 0.05) is 26.3 Å². The first-order valence-corrected chi connectivity index (χ1v) is 13.1. The number of esters is 1. The zero-order valence-corrected chi connectivity index (χ0v) is 19.7. The Morgan fingerprint density at radius 1 is 0.923 bits per heavy atom. The van der Waals surface area contributed by atoms with Crippen molar-refractivity contribution in [3.63, 3.8) is 0 Å². The number of rotatable bonds is 11. The van der Waals surface area contributed by atoms with Gasteiger partial charge in [-0.3, -0.25) is 9.69 Å². The van der Waals surface area contributed by atoms with Crippen molar-refractivity contribution in [1.82, 2.24) is 9.47 Å². The predicted octanol–water partition coefficient (Wildman–Crippen LogP) is 5.11. The fourth-order valence-electron chi connectivity index (χ4n) is 5.23. The van der Waals surface area contributed by atoms with Gasteiger partial charge in [-0.25, -0.2) is 0 Å². The molecule has 0 bridgehead atoms. The summed E-state index contributed by atoms with van der Waals surface area (Å²) in [6.07, 6.45) is 3.82. The quantitative estimate of drug-likeness (QED) is 0.366. The molecule has 4 unspecified atom stereocenters. The number of carbonyl (C=O) groups is 1. The lowest BCUT2D eigenvalue weighted by molar-refractivity contribution is -0.147. The van der Waals surface area contributed by atoms with Crippen LogP contribution in [-0.4, -0.2) is 56.6 Å². The number of hydrogen-bond donors (Lipinski definition) is 0. The summed E-state index contributed by atoms with van der Waals surface area (Å²) in [7, 11) is -1.63. The summed E-state index contributed by atoms with van der Waals surface area (Å²) in [5, 5.41) is 0. The molecule has 1 heterocycles. The van der Waals surface area contributed by atoms with Crippen molar-refractivity contribution in [2.75, 3.05) is 32.9 Å². The van der Waals surface area contributed by atoms with E-state index in [2.05, 4.69) is 51.0 Å². The van der Waals surface area contributed by atoms with E-state index in [4.69, 9.17) is 4.74 Å². The van der Waals surface area contributed by atoms with Gasteiger partial charge in [0.05, 0.1) is 12.5 Å². The first-order valence-electron chi connectivity index (χ1n) is 10.9. The minimum Gasteiger partial charge on any atom is -0.466 e. The molecule has 154 valence electrons. The van der Waals surface area contributed by atoms with Crippen LogP contribution in [0.15, 0.2) is 0 Å². The molecule has 0 spiro atoms. The van der Waals surface area contributed by atoms with Crippen molar-refractivity contribution >= 4 is 14.2 Å². The molecule has 1 fully saturated rings. The minimum absolute atomic E-state index is 0.0400. The van der Waals surface area contributed by atoms with Gasteiger partial charge < -0.3 is 9.30 Å². The van der Waals surface area contributed by atoms with Gasteiger partial charge in [-0.15, -0.1) is 0 Å². The Balaban J connectivity index is 2.98. The third kappa shape index (κ3) is 4.90. The van der Waals surface area contributed by atoms with E-state index in [0.717, 1.165) is 36.4 Å². The number of nitrogens with zero attached hydrogens (tertiary/aromatic N) is 2. The van der Waals surface area contributed by atoms with Crippen molar-refractivity contribution in [2.24, 2.45) is 5.92 Å². The summed E-state index contributed by atoms with van der Waals surface area (Å²) < 4.78 is 8.09. The van der Waals surface area contributed by atoms with Gasteiger partial charge in [-0.1, -0.05) is 67.7 Å². The van der Waals surface area contributed by atoms with Crippen LogP contribution in [0.25, 0.3) is 0 Å². The van der Waals surface area contributed by atoms with E-state index in [-0.39, 0.29) is 11.9 Å². The topological polar surface area (TPSA) is 32.8 Å². The van der Waals surface area contributed by atoms with E-state index in [1.54, 1.807) is 0 Å². The Kier molecular flexibility index (Phi) is 9.84. The number of ether oxygens (including phenoxy) is 1. The molecule has 0 amide bonds. The highest BCUT2D eigenvalue weighted by Gasteiger charge is 2.52. The van der Waals surface area contributed by atoms with Crippen LogP contribution in [0.3, 0.4) is 0 Å². The lowest BCUT2D eigenvalue weighted by Crippen LogP contribution is -2.61. The van der Waals surface area contributed by atoms with Crippen LogP contribution in [0.4, 0.5) is 0 Å². The monoisotopic (exact) mass is 384 g/mol. The molecule has 1 rings (SSSR count). The Hall–Kier alpha value is -0.393. The Morgan fingerprint density at radius 3 is 1.85 bits per heavy atom. The molecule has 0 aromatic rings. The third-order valence-electron chi connectivity index (χ3n) is 7.03. The van der Waals surface area contributed by atoms with Crippen molar-refractivity contribution in [3.8, 4) is 0 Å². The molecule has 0 aromatic heterocycles. The molecular formula is C21H44N2O2Si. The van der Waals surface area contributed by atoms with E-state index in [1.165, 1.54) is 25.8 Å². The third-order valence-corrected chi connectivity index (χ3v) is 14.5. The van der Waals surface area contributed by atoms with Crippen molar-refractivity contribution < 1.29 is 9.53 Å². The van der Waals surface area contributed by atoms with Crippen LogP contribution in [-0.2, 0) is 9.53 Å². The molecule has 4 atom stereocenters. The van der Waals surface area contributed by atoms with Crippen LogP contribution in [0.2, 0.25) is 16.6 Å². The number of hydrogen-bond acceptors (Lipinski definition) is 4. The first-order chi connectivity index (χ1) is 12.3. The van der Waals surface area contributed by atoms with Gasteiger partial charge in [0.2, 0.25) is 0 Å². The van der Waals surface area contributed by atoms with Gasteiger partial charge in [0.15, 0.2) is 0 Å². The molecule has 26 heavy (non-hydrogen) atoms. The summed E-state index contributed by atoms with van der Waals surface area (Å²) in [5.41, 5.74) is 2.40. The maximum Gasteiger partial charge on any atom is 0.309 e. The lowest BCUT2D eigenvalue weighted by Gasteiger charge is -2.52. The highest BCUT2D eigenvalue weighted by Crippen LogP contribution is 2.49. The molecule has 1 saturated heterocycles. The van der Waals surface area contributed by atoms with Crippen LogP contribution in [0.5, 0.6) is 0 Å². The maximum atomic E-state index is 12.0. The SMILES string of the molecule is CCOC(=O)C(C)CN1CCN([Si](C(C)CC)(C(C)CC)C(C)CC)C1. The van der Waals surface area contributed by atoms with Crippen LogP contribution in [0, 0.1) is 5.92 Å². The van der Waals surface area contributed by atoms with E-state index in [1.807, 2.05) is 13.8 Å². The lowest BCUT2D eigenvalue weighted by atomic mass is 10.2. The summed E-state index contributed by atoms with van der Waals surface area (Å²) in [5.74, 6) is -0.0954. The summed E-state index contributed by atoms with van der Waals surface area (Å²) in [6.45, 7) is 23.1. The van der Waals surface area contributed by atoms with Gasteiger partial charge in [0.25, 0.3) is 0 Å². The normalized spacial score (nSPS) is 23.2. The molecule has 1 aliphatic rings. The van der Waals surface area contributed by atoms with E-state index < -0.39 is 8.24 Å². The molecular weight excluding hydrogens is 340 g/mol. The zero-order chi connectivity index (χ0) is 19.9. The van der Waals surface area contributed by atoms with Crippen LogP contribution >= 0.6 is 0 Å². The predicted molar refractivity (Wildman–Crippen MR) is 114 cm³/mol. The van der Waals surface area contributed by atoms with Crippen molar-refractivity contribution in [3.05, 3.63) is 0 Å². The van der Waals surface area contributed by atoms with Gasteiger partial charge in [0.1, 0.15) is 8.24 Å². The fraction of sp³-hybridized carbons (Fsp3) is 0.952. The zero-order valence-electron chi connectivity index (χ0n) is 18.7. The molecule has 0 aromatic carbocycles. The Morgan fingerprint density at radius 2 is 1.42 bits per heavy atom. The molecule has 1 aliphatic heterocycles. The molecule has 5 heteroatoms. The minimum atomic E-state index is -1.63. The Labute approximate surface area is 163 Å². The summed E-state index contributed by atoms with van der Waals surface area (Å²) in [6, 6.07) is 0. The van der Waals surface area contributed by atoms with Crippen LogP contribution < -0.4 is 0 Å². The second-order valence-corrected chi connectivity index (χ2v) is 13.8. The standard InChI is InChI=1S/C21H44N2O2Si/c1-9-18(6)26(19(7)10-2,20(8)11-3)23-14-13-22(16-23)15-17(5)21(24)25-12-4/h17-20H,9-16H2,1-8H3. The highest BCUT2D eigenvalue weighted by molar-refractivity contribution is 6.81. The van der Waals surface area contributed by atoms with Gasteiger partial charge in [-0.05, 0) is 23.5 Å². The number of carbonyl (C=O) groups excluding carboxylic acids is 1. The van der Waals surface area contributed by atoms with Gasteiger partial charge in [-0.2, -0.15) is 0 Å². The largest absolute Gasteiger partial charge is 0.466 e. The summed E-state index contributed by atoms with van der Waals surface area (Å²) in [4.78, 5) is 14.5. The average molecular weight is 385 g/mol. The maximum absolute atomic E-state index is 12.0. The average Bonchev–Trinajstić information content (AvgIpc) is 3.09. The molecule has 0 saturated carbocycles. The Bertz CT molecular complexity index is 406. The van der Waals surface area contributed by atoms with Gasteiger partial charge >= 0.3 is 5.97 Å². The second kappa shape index (κ2) is 10.8. The molecule has 0 radical (unpaired) electrons. The van der Waals surface area contributed by atoms with E-state index in [0.29, 0.717) is 6.61 Å². The van der Waals surface area contributed by atoms with Crippen molar-refractivity contribution in [2.45, 2.75) is 91.3 Å². The van der Waals surface area contributed by atoms with Crippen molar-refractivity contribution in [1.29, 1.82) is 0 Å².